The van der Waals surface area contributed by atoms with Gasteiger partial charge in [-0.25, -0.2) is 0 Å². The average Bonchev–Trinajstić information content (AvgIpc) is 2.84. The van der Waals surface area contributed by atoms with Crippen molar-refractivity contribution in [1.82, 2.24) is 5.32 Å². The van der Waals surface area contributed by atoms with Crippen molar-refractivity contribution in [1.29, 1.82) is 0 Å². The molecule has 1 fully saturated rings. The molecule has 1 aliphatic rings. The number of carbonyl (C=O) groups excluding carboxylic acids is 1. The molecule has 0 radical (unpaired) electrons. The molecular formula is C28H33N3O. The van der Waals surface area contributed by atoms with Gasteiger partial charge < -0.3 is 16.8 Å². The Labute approximate surface area is 191 Å². The van der Waals surface area contributed by atoms with Crippen LogP contribution in [0.4, 0.5) is 5.69 Å². The molecule has 0 saturated heterocycles. The minimum absolute atomic E-state index is 0.0770. The van der Waals surface area contributed by atoms with Crippen LogP contribution in [0.5, 0.6) is 0 Å². The summed E-state index contributed by atoms with van der Waals surface area (Å²) in [6.45, 7) is 0.724. The highest BCUT2D eigenvalue weighted by atomic mass is 16.1. The van der Waals surface area contributed by atoms with Gasteiger partial charge in [0.15, 0.2) is 0 Å². The van der Waals surface area contributed by atoms with E-state index in [-0.39, 0.29) is 17.9 Å². The van der Waals surface area contributed by atoms with Gasteiger partial charge >= 0.3 is 0 Å². The molecule has 4 heteroatoms. The zero-order valence-electron chi connectivity index (χ0n) is 18.5. The summed E-state index contributed by atoms with van der Waals surface area (Å²) in [5.41, 5.74) is 17.1. The minimum atomic E-state index is -0.0851. The van der Waals surface area contributed by atoms with Crippen molar-refractivity contribution in [3.8, 4) is 11.1 Å². The van der Waals surface area contributed by atoms with Crippen molar-refractivity contribution < 1.29 is 4.79 Å². The summed E-state index contributed by atoms with van der Waals surface area (Å²) in [6.07, 6.45) is 4.70. The topological polar surface area (TPSA) is 81.1 Å². The minimum Gasteiger partial charge on any atom is -0.399 e. The Morgan fingerprint density at radius 1 is 0.875 bits per heavy atom. The Morgan fingerprint density at radius 3 is 2.25 bits per heavy atom. The summed E-state index contributed by atoms with van der Waals surface area (Å²) in [4.78, 5) is 13.2. The first-order chi connectivity index (χ1) is 15.6. The van der Waals surface area contributed by atoms with Gasteiger partial charge in [-0.3, -0.25) is 4.79 Å². The quantitative estimate of drug-likeness (QED) is 0.459. The van der Waals surface area contributed by atoms with Crippen LogP contribution in [0.3, 0.4) is 0 Å². The molecule has 1 saturated carbocycles. The van der Waals surface area contributed by atoms with Gasteiger partial charge in [-0.2, -0.15) is 0 Å². The maximum atomic E-state index is 13.2. The van der Waals surface area contributed by atoms with Crippen molar-refractivity contribution >= 4 is 11.6 Å². The number of anilines is 1. The molecule has 4 rings (SSSR count). The fraction of sp³-hybridized carbons (Fsp3) is 0.321. The van der Waals surface area contributed by atoms with Crippen LogP contribution in [0.15, 0.2) is 78.9 Å². The molecular weight excluding hydrogens is 394 g/mol. The smallest absolute Gasteiger partial charge is 0.223 e. The molecule has 1 amide bonds. The predicted octanol–water partition coefficient (Wildman–Crippen LogP) is 5.10. The first kappa shape index (κ1) is 22.1. The third-order valence-corrected chi connectivity index (χ3v) is 6.66. The number of nitrogen functional groups attached to an aromatic ring is 1. The summed E-state index contributed by atoms with van der Waals surface area (Å²) in [5, 5.41) is 3.38. The number of benzene rings is 3. The molecule has 5 N–H and O–H groups in total. The Balaban J connectivity index is 1.57. The summed E-state index contributed by atoms with van der Waals surface area (Å²) < 4.78 is 0. The zero-order chi connectivity index (χ0) is 22.3. The number of carbonyl (C=O) groups is 1. The molecule has 3 aromatic carbocycles. The van der Waals surface area contributed by atoms with E-state index in [1.165, 1.54) is 5.56 Å². The van der Waals surface area contributed by atoms with Crippen molar-refractivity contribution in [3.05, 3.63) is 90.0 Å². The van der Waals surface area contributed by atoms with Crippen molar-refractivity contribution in [3.63, 3.8) is 0 Å². The van der Waals surface area contributed by atoms with Gasteiger partial charge in [-0.05, 0) is 85.0 Å². The second-order valence-electron chi connectivity index (χ2n) is 8.96. The summed E-state index contributed by atoms with van der Waals surface area (Å²) in [6, 6.07) is 26.6. The Bertz CT molecular complexity index is 1030. The van der Waals surface area contributed by atoms with Crippen LogP contribution >= 0.6 is 0 Å². The third-order valence-electron chi connectivity index (χ3n) is 6.66. The van der Waals surface area contributed by atoms with Crippen LogP contribution < -0.4 is 16.8 Å². The highest BCUT2D eigenvalue weighted by molar-refractivity contribution is 5.79. The molecule has 3 aromatic rings. The van der Waals surface area contributed by atoms with Crippen LogP contribution in [0.1, 0.15) is 42.9 Å². The summed E-state index contributed by atoms with van der Waals surface area (Å²) in [5.74, 6) is 0.804. The molecule has 0 heterocycles. The second kappa shape index (κ2) is 10.5. The Kier molecular flexibility index (Phi) is 7.23. The number of nitrogens with two attached hydrogens (primary N) is 2. The number of rotatable bonds is 7. The number of nitrogens with one attached hydrogen (secondary N) is 1. The lowest BCUT2D eigenvalue weighted by molar-refractivity contribution is -0.127. The fourth-order valence-corrected chi connectivity index (χ4v) is 4.71. The van der Waals surface area contributed by atoms with Gasteiger partial charge in [0, 0.05) is 11.6 Å². The maximum absolute atomic E-state index is 13.2. The number of hydrogen-bond acceptors (Lipinski definition) is 3. The molecule has 1 unspecified atom stereocenters. The van der Waals surface area contributed by atoms with Crippen LogP contribution in [0.25, 0.3) is 11.1 Å². The first-order valence-electron chi connectivity index (χ1n) is 11.6. The molecule has 0 aliphatic heterocycles. The van der Waals surface area contributed by atoms with Gasteiger partial charge in [0.25, 0.3) is 0 Å². The highest BCUT2D eigenvalue weighted by Gasteiger charge is 2.27. The Hall–Kier alpha value is -3.11. The van der Waals surface area contributed by atoms with E-state index in [4.69, 9.17) is 11.5 Å². The van der Waals surface area contributed by atoms with Gasteiger partial charge in [0.2, 0.25) is 5.91 Å². The first-order valence-corrected chi connectivity index (χ1v) is 11.6. The predicted molar refractivity (Wildman–Crippen MR) is 132 cm³/mol. The highest BCUT2D eigenvalue weighted by Crippen LogP contribution is 2.30. The van der Waals surface area contributed by atoms with Crippen molar-refractivity contribution in [2.45, 2.75) is 38.1 Å². The van der Waals surface area contributed by atoms with Crippen LogP contribution in [-0.2, 0) is 11.2 Å². The van der Waals surface area contributed by atoms with E-state index in [1.807, 2.05) is 36.4 Å². The molecule has 4 nitrogen and oxygen atoms in total. The molecule has 0 spiro atoms. The van der Waals surface area contributed by atoms with Crippen LogP contribution in [0, 0.1) is 11.8 Å². The van der Waals surface area contributed by atoms with E-state index in [2.05, 4.69) is 47.8 Å². The summed E-state index contributed by atoms with van der Waals surface area (Å²) >= 11 is 0. The molecule has 0 aromatic heterocycles. The maximum Gasteiger partial charge on any atom is 0.223 e. The molecule has 1 aliphatic carbocycles. The number of hydrogen-bond donors (Lipinski definition) is 3. The fourth-order valence-electron chi connectivity index (χ4n) is 4.71. The standard InChI is InChI=1S/C28H33N3O/c29-19-21-12-14-22(15-13-21)28(32)31-27(16-20-6-2-1-3-7-20)25-10-4-8-23(17-25)24-9-5-11-26(30)18-24/h1-11,17-18,21-22,27H,12-16,19,29-30H2,(H,31,32). The zero-order valence-corrected chi connectivity index (χ0v) is 18.5. The Morgan fingerprint density at radius 2 is 1.56 bits per heavy atom. The lowest BCUT2D eigenvalue weighted by atomic mass is 9.81. The molecule has 166 valence electrons. The van der Waals surface area contributed by atoms with E-state index >= 15 is 0 Å². The number of amides is 1. The van der Waals surface area contributed by atoms with Gasteiger partial charge in [0.1, 0.15) is 0 Å². The van der Waals surface area contributed by atoms with Gasteiger partial charge in [-0.15, -0.1) is 0 Å². The van der Waals surface area contributed by atoms with E-state index in [0.717, 1.165) is 61.0 Å². The largest absolute Gasteiger partial charge is 0.399 e. The van der Waals surface area contributed by atoms with E-state index < -0.39 is 0 Å². The van der Waals surface area contributed by atoms with Gasteiger partial charge in [0.05, 0.1) is 6.04 Å². The van der Waals surface area contributed by atoms with Gasteiger partial charge in [-0.1, -0.05) is 60.7 Å². The lowest BCUT2D eigenvalue weighted by Gasteiger charge is -2.29. The SMILES string of the molecule is NCC1CCC(C(=O)NC(Cc2ccccc2)c2cccc(-c3cccc(N)c3)c2)CC1. The van der Waals surface area contributed by atoms with E-state index in [9.17, 15) is 4.79 Å². The monoisotopic (exact) mass is 427 g/mol. The third kappa shape index (κ3) is 5.57. The van der Waals surface area contributed by atoms with Crippen molar-refractivity contribution in [2.24, 2.45) is 17.6 Å². The second-order valence-corrected chi connectivity index (χ2v) is 8.96. The molecule has 32 heavy (non-hydrogen) atoms. The normalized spacial score (nSPS) is 19.3. The molecule has 1 atom stereocenters. The van der Waals surface area contributed by atoms with E-state index in [0.29, 0.717) is 5.92 Å². The summed E-state index contributed by atoms with van der Waals surface area (Å²) in [7, 11) is 0. The molecule has 0 bridgehead atoms. The van der Waals surface area contributed by atoms with Crippen molar-refractivity contribution in [2.75, 3.05) is 12.3 Å². The van der Waals surface area contributed by atoms with E-state index in [1.54, 1.807) is 0 Å². The van der Waals surface area contributed by atoms with Crippen LogP contribution in [0.2, 0.25) is 0 Å². The lowest BCUT2D eigenvalue weighted by Crippen LogP contribution is -2.37. The van der Waals surface area contributed by atoms with Crippen LogP contribution in [-0.4, -0.2) is 12.5 Å². The average molecular weight is 428 g/mol.